The average molecular weight is 462 g/mol. The second-order valence-corrected chi connectivity index (χ2v) is 8.10. The molecule has 9 nitrogen and oxygen atoms in total. The minimum atomic E-state index is -0.554. The number of carbonyl (C=O) groups excluding carboxylic acids is 1. The SMILES string of the molecule is Cc1ccc(OCc2nnc(SCC(=O)Nc3cc([N+](=O)[O-])ccc3Cl)n2C)cc1C. The van der Waals surface area contributed by atoms with Gasteiger partial charge in [-0.2, -0.15) is 0 Å². The van der Waals surface area contributed by atoms with Crippen molar-refractivity contribution in [1.82, 2.24) is 14.8 Å². The summed E-state index contributed by atoms with van der Waals surface area (Å²) in [7, 11) is 1.79. The summed E-state index contributed by atoms with van der Waals surface area (Å²) in [6.45, 7) is 4.29. The zero-order chi connectivity index (χ0) is 22.5. The number of hydrogen-bond acceptors (Lipinski definition) is 7. The standard InChI is InChI=1S/C20H20ClN5O4S/c1-12-4-6-15(8-13(12)2)30-10-18-23-24-20(25(18)3)31-11-19(27)22-17-9-14(26(28)29)5-7-16(17)21/h4-9H,10-11H2,1-3H3,(H,22,27). The molecule has 0 unspecified atom stereocenters. The van der Waals surface area contributed by atoms with Crippen LogP contribution in [0.15, 0.2) is 41.6 Å². The molecule has 1 N–H and O–H groups in total. The van der Waals surface area contributed by atoms with Gasteiger partial charge in [0, 0.05) is 19.2 Å². The van der Waals surface area contributed by atoms with Crippen LogP contribution in [-0.2, 0) is 18.4 Å². The van der Waals surface area contributed by atoms with Gasteiger partial charge >= 0.3 is 0 Å². The second-order valence-electron chi connectivity index (χ2n) is 6.75. The average Bonchev–Trinajstić information content (AvgIpc) is 3.08. The van der Waals surface area contributed by atoms with E-state index >= 15 is 0 Å². The Morgan fingerprint density at radius 2 is 2.00 bits per heavy atom. The molecule has 11 heteroatoms. The van der Waals surface area contributed by atoms with Gasteiger partial charge in [-0.05, 0) is 43.2 Å². The Labute approximate surface area is 187 Å². The molecule has 0 bridgehead atoms. The van der Waals surface area contributed by atoms with E-state index in [1.165, 1.54) is 35.5 Å². The number of ether oxygens (including phenoxy) is 1. The number of halogens is 1. The number of nitro benzene ring substituents is 1. The lowest BCUT2D eigenvalue weighted by atomic mass is 10.1. The quantitative estimate of drug-likeness (QED) is 0.302. The molecule has 0 aliphatic rings. The maximum absolute atomic E-state index is 12.3. The highest BCUT2D eigenvalue weighted by Crippen LogP contribution is 2.27. The van der Waals surface area contributed by atoms with Gasteiger partial charge in [-0.3, -0.25) is 14.9 Å². The molecule has 1 aromatic heterocycles. The number of nitrogens with one attached hydrogen (secondary N) is 1. The Morgan fingerprint density at radius 3 is 2.71 bits per heavy atom. The first-order valence-electron chi connectivity index (χ1n) is 9.19. The fraction of sp³-hybridized carbons (Fsp3) is 0.250. The third-order valence-corrected chi connectivity index (χ3v) is 5.89. The van der Waals surface area contributed by atoms with Gasteiger partial charge in [0.2, 0.25) is 5.91 Å². The number of hydrogen-bond donors (Lipinski definition) is 1. The van der Waals surface area contributed by atoms with Crippen molar-refractivity contribution in [3.63, 3.8) is 0 Å². The lowest BCUT2D eigenvalue weighted by Gasteiger charge is -2.09. The second kappa shape index (κ2) is 9.80. The van der Waals surface area contributed by atoms with Crippen molar-refractivity contribution < 1.29 is 14.5 Å². The van der Waals surface area contributed by atoms with Crippen LogP contribution in [0.4, 0.5) is 11.4 Å². The highest BCUT2D eigenvalue weighted by molar-refractivity contribution is 7.99. The van der Waals surface area contributed by atoms with Crippen LogP contribution in [0.2, 0.25) is 5.02 Å². The minimum absolute atomic E-state index is 0.0308. The molecule has 1 amide bonds. The molecule has 0 aliphatic heterocycles. The Bertz CT molecular complexity index is 1130. The third kappa shape index (κ3) is 5.74. The molecule has 0 radical (unpaired) electrons. The number of nitrogens with zero attached hydrogens (tertiary/aromatic N) is 4. The normalized spacial score (nSPS) is 10.7. The number of benzene rings is 2. The highest BCUT2D eigenvalue weighted by Gasteiger charge is 2.15. The van der Waals surface area contributed by atoms with Crippen LogP contribution in [0.25, 0.3) is 0 Å². The smallest absolute Gasteiger partial charge is 0.271 e. The number of rotatable bonds is 8. The van der Waals surface area contributed by atoms with Crippen molar-refractivity contribution in [2.24, 2.45) is 7.05 Å². The predicted octanol–water partition coefficient (Wildman–Crippen LogP) is 4.30. The first-order chi connectivity index (χ1) is 14.7. The Kier molecular flexibility index (Phi) is 7.13. The molecule has 0 saturated carbocycles. The van der Waals surface area contributed by atoms with Crippen LogP contribution < -0.4 is 10.1 Å². The van der Waals surface area contributed by atoms with E-state index in [4.69, 9.17) is 16.3 Å². The van der Waals surface area contributed by atoms with Gasteiger partial charge in [-0.15, -0.1) is 10.2 Å². The number of carbonyl (C=O) groups is 1. The summed E-state index contributed by atoms with van der Waals surface area (Å²) in [6, 6.07) is 9.72. The van der Waals surface area contributed by atoms with Crippen LogP contribution in [0, 0.1) is 24.0 Å². The number of aryl methyl sites for hydroxylation is 2. The Hall–Kier alpha value is -3.11. The van der Waals surface area contributed by atoms with Gasteiger partial charge in [0.1, 0.15) is 12.4 Å². The number of non-ortho nitro benzene ring substituents is 1. The molecule has 1 heterocycles. The van der Waals surface area contributed by atoms with Crippen LogP contribution >= 0.6 is 23.4 Å². The van der Waals surface area contributed by atoms with Gasteiger partial charge in [0.05, 0.1) is 21.4 Å². The summed E-state index contributed by atoms with van der Waals surface area (Å²) in [5.41, 5.74) is 2.35. The summed E-state index contributed by atoms with van der Waals surface area (Å²) in [4.78, 5) is 22.6. The fourth-order valence-corrected chi connectivity index (χ4v) is 3.48. The van der Waals surface area contributed by atoms with E-state index in [1.807, 2.05) is 32.0 Å². The summed E-state index contributed by atoms with van der Waals surface area (Å²) in [5.74, 6) is 1.02. The number of thioether (sulfide) groups is 1. The number of aromatic nitrogens is 3. The molecule has 162 valence electrons. The van der Waals surface area contributed by atoms with E-state index in [-0.39, 0.29) is 34.7 Å². The van der Waals surface area contributed by atoms with Gasteiger partial charge in [0.15, 0.2) is 11.0 Å². The zero-order valence-electron chi connectivity index (χ0n) is 17.1. The monoisotopic (exact) mass is 461 g/mol. The van der Waals surface area contributed by atoms with Gasteiger partial charge in [0.25, 0.3) is 5.69 Å². The van der Waals surface area contributed by atoms with Crippen LogP contribution in [0.5, 0.6) is 5.75 Å². The topological polar surface area (TPSA) is 112 Å². The number of anilines is 1. The fourth-order valence-electron chi connectivity index (χ4n) is 2.59. The van der Waals surface area contributed by atoms with Gasteiger partial charge in [-0.1, -0.05) is 29.4 Å². The Balaban J connectivity index is 1.57. The minimum Gasteiger partial charge on any atom is -0.486 e. The molecule has 0 saturated heterocycles. The molecule has 3 aromatic rings. The van der Waals surface area contributed by atoms with Crippen molar-refractivity contribution in [3.05, 3.63) is 68.5 Å². The van der Waals surface area contributed by atoms with Crippen LogP contribution in [0.3, 0.4) is 0 Å². The number of nitro groups is 1. The molecule has 0 aliphatic carbocycles. The first kappa shape index (κ1) is 22.6. The van der Waals surface area contributed by atoms with E-state index in [9.17, 15) is 14.9 Å². The summed E-state index contributed by atoms with van der Waals surface area (Å²) >= 11 is 7.19. The summed E-state index contributed by atoms with van der Waals surface area (Å²) < 4.78 is 7.54. The largest absolute Gasteiger partial charge is 0.486 e. The summed E-state index contributed by atoms with van der Waals surface area (Å²) in [5, 5.41) is 22.4. The molecule has 0 fully saturated rings. The zero-order valence-corrected chi connectivity index (χ0v) is 18.7. The van der Waals surface area contributed by atoms with E-state index in [1.54, 1.807) is 11.6 Å². The molecule has 0 atom stereocenters. The van der Waals surface area contributed by atoms with E-state index in [2.05, 4.69) is 15.5 Å². The maximum Gasteiger partial charge on any atom is 0.271 e. The molecule has 0 spiro atoms. The molecular weight excluding hydrogens is 442 g/mol. The van der Waals surface area contributed by atoms with Crippen LogP contribution in [0.1, 0.15) is 17.0 Å². The molecule has 31 heavy (non-hydrogen) atoms. The predicted molar refractivity (Wildman–Crippen MR) is 119 cm³/mol. The summed E-state index contributed by atoms with van der Waals surface area (Å²) in [6.07, 6.45) is 0. The Morgan fingerprint density at radius 1 is 1.23 bits per heavy atom. The highest BCUT2D eigenvalue weighted by atomic mass is 35.5. The van der Waals surface area contributed by atoms with Crippen LogP contribution in [-0.4, -0.2) is 31.3 Å². The van der Waals surface area contributed by atoms with Crippen molar-refractivity contribution >= 4 is 40.6 Å². The van der Waals surface area contributed by atoms with Crippen molar-refractivity contribution in [1.29, 1.82) is 0 Å². The number of amides is 1. The molecule has 2 aromatic carbocycles. The first-order valence-corrected chi connectivity index (χ1v) is 10.6. The molecular formula is C20H20ClN5O4S. The van der Waals surface area contributed by atoms with Gasteiger partial charge < -0.3 is 14.6 Å². The van der Waals surface area contributed by atoms with E-state index < -0.39 is 4.92 Å². The van der Waals surface area contributed by atoms with E-state index in [0.717, 1.165) is 11.3 Å². The van der Waals surface area contributed by atoms with Crippen molar-refractivity contribution in [2.45, 2.75) is 25.6 Å². The lowest BCUT2D eigenvalue weighted by Crippen LogP contribution is -2.15. The lowest BCUT2D eigenvalue weighted by molar-refractivity contribution is -0.384. The van der Waals surface area contributed by atoms with Crippen molar-refractivity contribution in [2.75, 3.05) is 11.1 Å². The van der Waals surface area contributed by atoms with E-state index in [0.29, 0.717) is 11.0 Å². The molecule has 3 rings (SSSR count). The third-order valence-electron chi connectivity index (χ3n) is 4.54. The maximum atomic E-state index is 12.3. The van der Waals surface area contributed by atoms with Gasteiger partial charge in [-0.25, -0.2) is 0 Å². The van der Waals surface area contributed by atoms with Crippen molar-refractivity contribution in [3.8, 4) is 5.75 Å².